The number of benzene rings is 1. The van der Waals surface area contributed by atoms with E-state index >= 15 is 0 Å². The summed E-state index contributed by atoms with van der Waals surface area (Å²) >= 11 is 0. The first-order valence-corrected chi connectivity index (χ1v) is 7.78. The van der Waals surface area contributed by atoms with Crippen LogP contribution in [0.25, 0.3) is 6.08 Å². The number of aliphatic hydroxyl groups is 1. The highest BCUT2D eigenvalue weighted by Gasteiger charge is 2.41. The minimum absolute atomic E-state index is 0.0257. The van der Waals surface area contributed by atoms with Gasteiger partial charge >= 0.3 is 5.97 Å². The molecule has 0 spiro atoms. The molecule has 0 aromatic heterocycles. The van der Waals surface area contributed by atoms with E-state index < -0.39 is 6.23 Å². The molecule has 6 heteroatoms. The van der Waals surface area contributed by atoms with E-state index in [4.69, 9.17) is 9.47 Å². The number of methoxy groups -OCH3 is 1. The zero-order valence-corrected chi connectivity index (χ0v) is 13.3. The van der Waals surface area contributed by atoms with Crippen molar-refractivity contribution in [3.8, 4) is 5.75 Å². The fourth-order valence-electron chi connectivity index (χ4n) is 3.38. The van der Waals surface area contributed by atoms with E-state index in [0.717, 1.165) is 16.9 Å². The molecule has 4 unspecified atom stereocenters. The highest BCUT2D eigenvalue weighted by molar-refractivity contribution is 5.71. The first kappa shape index (κ1) is 16.0. The number of hydrogen-bond acceptors (Lipinski definition) is 6. The molecule has 2 aliphatic rings. The molecule has 2 aliphatic heterocycles. The average molecular weight is 318 g/mol. The monoisotopic (exact) mass is 318 g/mol. The Morgan fingerprint density at radius 1 is 1.43 bits per heavy atom. The standard InChI is InChI=1S/C17H22N2O4/c1-10-16(17(21)19-18-10)13(8-15(20)22-2)12-7-11-5-3-4-6-14(11)23-9-12/h3-7,10,13,16-19,21H,8-9H2,1-2H3. The Hall–Kier alpha value is -1.89. The third-order valence-electron chi connectivity index (χ3n) is 4.61. The van der Waals surface area contributed by atoms with Crippen LogP contribution in [0, 0.1) is 11.8 Å². The molecule has 6 nitrogen and oxygen atoms in total. The van der Waals surface area contributed by atoms with Crippen LogP contribution in [-0.2, 0) is 9.53 Å². The third kappa shape index (κ3) is 3.24. The molecule has 23 heavy (non-hydrogen) atoms. The van der Waals surface area contributed by atoms with Crippen LogP contribution < -0.4 is 15.6 Å². The molecule has 4 atom stereocenters. The fourth-order valence-corrected chi connectivity index (χ4v) is 3.38. The number of fused-ring (bicyclic) bond motifs is 1. The van der Waals surface area contributed by atoms with Crippen molar-refractivity contribution in [2.75, 3.05) is 13.7 Å². The Balaban J connectivity index is 1.92. The minimum Gasteiger partial charge on any atom is -0.489 e. The van der Waals surface area contributed by atoms with Crippen LogP contribution in [0.2, 0.25) is 0 Å². The topological polar surface area (TPSA) is 79.8 Å². The number of rotatable bonds is 4. The largest absolute Gasteiger partial charge is 0.489 e. The molecule has 0 saturated carbocycles. The van der Waals surface area contributed by atoms with E-state index in [2.05, 4.69) is 16.9 Å². The van der Waals surface area contributed by atoms with Gasteiger partial charge in [-0.2, -0.15) is 0 Å². The Kier molecular flexibility index (Phi) is 4.66. The zero-order valence-electron chi connectivity index (χ0n) is 13.3. The molecule has 124 valence electrons. The van der Waals surface area contributed by atoms with Crippen molar-refractivity contribution >= 4 is 12.0 Å². The number of nitrogens with one attached hydrogen (secondary N) is 2. The first-order chi connectivity index (χ1) is 11.1. The van der Waals surface area contributed by atoms with Crippen molar-refractivity contribution in [3.05, 3.63) is 35.4 Å². The molecule has 0 amide bonds. The molecule has 3 N–H and O–H groups in total. The number of carbonyl (C=O) groups excluding carboxylic acids is 1. The summed E-state index contributed by atoms with van der Waals surface area (Å²) in [5, 5.41) is 10.2. The Labute approximate surface area is 135 Å². The third-order valence-corrected chi connectivity index (χ3v) is 4.61. The van der Waals surface area contributed by atoms with Gasteiger partial charge in [-0.25, -0.2) is 5.43 Å². The lowest BCUT2D eigenvalue weighted by molar-refractivity contribution is -0.142. The number of ether oxygens (including phenoxy) is 2. The number of carbonyl (C=O) groups is 1. The summed E-state index contributed by atoms with van der Waals surface area (Å²) in [6.07, 6.45) is 1.55. The van der Waals surface area contributed by atoms with Crippen molar-refractivity contribution in [1.82, 2.24) is 10.9 Å². The molecule has 3 rings (SSSR count). The van der Waals surface area contributed by atoms with Gasteiger partial charge in [0.05, 0.1) is 13.5 Å². The lowest BCUT2D eigenvalue weighted by Gasteiger charge is -2.31. The molecule has 2 heterocycles. The lowest BCUT2D eigenvalue weighted by Crippen LogP contribution is -2.36. The van der Waals surface area contributed by atoms with Crippen molar-refractivity contribution in [1.29, 1.82) is 0 Å². The van der Waals surface area contributed by atoms with Gasteiger partial charge in [-0.3, -0.25) is 10.2 Å². The van der Waals surface area contributed by atoms with Gasteiger partial charge in [0.2, 0.25) is 0 Å². The summed E-state index contributed by atoms with van der Waals surface area (Å²) in [5.74, 6) is 0.239. The maximum absolute atomic E-state index is 11.9. The van der Waals surface area contributed by atoms with E-state index in [1.165, 1.54) is 7.11 Å². The van der Waals surface area contributed by atoms with Crippen molar-refractivity contribution < 1.29 is 19.4 Å². The smallest absolute Gasteiger partial charge is 0.306 e. The number of aliphatic hydroxyl groups excluding tert-OH is 1. The molecule has 0 bridgehead atoms. The van der Waals surface area contributed by atoms with Gasteiger partial charge in [-0.15, -0.1) is 0 Å². The van der Waals surface area contributed by atoms with E-state index in [-0.39, 0.29) is 30.3 Å². The minimum atomic E-state index is -0.724. The van der Waals surface area contributed by atoms with Crippen molar-refractivity contribution in [3.63, 3.8) is 0 Å². The maximum Gasteiger partial charge on any atom is 0.306 e. The summed E-state index contributed by atoms with van der Waals surface area (Å²) in [5.41, 5.74) is 7.85. The Morgan fingerprint density at radius 2 is 2.22 bits per heavy atom. The molecule has 1 fully saturated rings. The Morgan fingerprint density at radius 3 is 2.91 bits per heavy atom. The van der Waals surface area contributed by atoms with E-state index in [1.54, 1.807) is 0 Å². The molecule has 0 aliphatic carbocycles. The van der Waals surface area contributed by atoms with E-state index in [1.807, 2.05) is 31.2 Å². The molecule has 1 saturated heterocycles. The van der Waals surface area contributed by atoms with Gasteiger partial charge in [0.25, 0.3) is 0 Å². The van der Waals surface area contributed by atoms with Crippen LogP contribution in [0.15, 0.2) is 29.8 Å². The fraction of sp³-hybridized carbons (Fsp3) is 0.471. The summed E-state index contributed by atoms with van der Waals surface area (Å²) in [6, 6.07) is 7.81. The number of esters is 1. The van der Waals surface area contributed by atoms with Gasteiger partial charge in [-0.05, 0) is 24.6 Å². The van der Waals surface area contributed by atoms with Crippen LogP contribution in [-0.4, -0.2) is 37.1 Å². The lowest BCUT2D eigenvalue weighted by atomic mass is 9.78. The number of para-hydroxylation sites is 1. The first-order valence-electron chi connectivity index (χ1n) is 7.78. The Bertz CT molecular complexity index is 606. The van der Waals surface area contributed by atoms with Crippen LogP contribution >= 0.6 is 0 Å². The van der Waals surface area contributed by atoms with Crippen LogP contribution in [0.5, 0.6) is 5.75 Å². The molecular formula is C17H22N2O4. The van der Waals surface area contributed by atoms with Gasteiger partial charge < -0.3 is 14.6 Å². The van der Waals surface area contributed by atoms with Gasteiger partial charge in [-0.1, -0.05) is 18.2 Å². The van der Waals surface area contributed by atoms with Gasteiger partial charge in [0.15, 0.2) is 0 Å². The second-order valence-corrected chi connectivity index (χ2v) is 6.03. The van der Waals surface area contributed by atoms with Gasteiger partial charge in [0.1, 0.15) is 18.6 Å². The highest BCUT2D eigenvalue weighted by atomic mass is 16.5. The zero-order chi connectivity index (χ0) is 16.4. The predicted molar refractivity (Wildman–Crippen MR) is 85.3 cm³/mol. The second kappa shape index (κ2) is 6.70. The SMILES string of the molecule is COC(=O)CC(C1=Cc2ccccc2OC1)C1C(C)NNC1O. The average Bonchev–Trinajstić information content (AvgIpc) is 2.90. The van der Waals surface area contributed by atoms with Crippen LogP contribution in [0.3, 0.4) is 0 Å². The summed E-state index contributed by atoms with van der Waals surface area (Å²) < 4.78 is 10.7. The van der Waals surface area contributed by atoms with Crippen molar-refractivity contribution in [2.45, 2.75) is 25.6 Å². The predicted octanol–water partition coefficient (Wildman–Crippen LogP) is 1.07. The summed E-state index contributed by atoms with van der Waals surface area (Å²) in [4.78, 5) is 11.9. The molecule has 1 aromatic rings. The molecular weight excluding hydrogens is 296 g/mol. The van der Waals surface area contributed by atoms with Crippen LogP contribution in [0.1, 0.15) is 18.9 Å². The maximum atomic E-state index is 11.9. The van der Waals surface area contributed by atoms with Crippen LogP contribution in [0.4, 0.5) is 0 Å². The number of hydrazine groups is 1. The van der Waals surface area contributed by atoms with E-state index in [9.17, 15) is 9.90 Å². The quantitative estimate of drug-likeness (QED) is 0.721. The van der Waals surface area contributed by atoms with E-state index in [0.29, 0.717) is 6.61 Å². The van der Waals surface area contributed by atoms with Gasteiger partial charge in [0, 0.05) is 23.4 Å². The highest BCUT2D eigenvalue weighted by Crippen LogP contribution is 2.36. The normalized spacial score (nSPS) is 27.6. The number of hydrogen-bond donors (Lipinski definition) is 3. The summed E-state index contributed by atoms with van der Waals surface area (Å²) in [6.45, 7) is 2.39. The molecule has 0 radical (unpaired) electrons. The second-order valence-electron chi connectivity index (χ2n) is 6.03. The summed E-state index contributed by atoms with van der Waals surface area (Å²) in [7, 11) is 1.38. The molecule has 1 aromatic carbocycles. The van der Waals surface area contributed by atoms with Crippen molar-refractivity contribution in [2.24, 2.45) is 11.8 Å².